The molecule has 0 aliphatic heterocycles. The van der Waals surface area contributed by atoms with Gasteiger partial charge in [0, 0.05) is 31.3 Å². The van der Waals surface area contributed by atoms with Gasteiger partial charge in [0.25, 0.3) is 11.8 Å². The highest BCUT2D eigenvalue weighted by Crippen LogP contribution is 2.59. The molecule has 0 heterocycles. The molecule has 2 amide bonds. The highest BCUT2D eigenvalue weighted by molar-refractivity contribution is 9.11. The van der Waals surface area contributed by atoms with Gasteiger partial charge in [-0.05, 0) is 80.4 Å². The van der Waals surface area contributed by atoms with E-state index in [-0.39, 0.29) is 34.5 Å². The van der Waals surface area contributed by atoms with Crippen molar-refractivity contribution in [3.8, 4) is 6.07 Å². The number of anilines is 2. The number of hydrogen-bond donors (Lipinski definition) is 2. The van der Waals surface area contributed by atoms with Gasteiger partial charge < -0.3 is 10.6 Å². The molecule has 0 spiro atoms. The number of rotatable bonds is 6. The van der Waals surface area contributed by atoms with E-state index < -0.39 is 56.0 Å². The van der Waals surface area contributed by atoms with E-state index in [1.165, 1.54) is 48.5 Å². The van der Waals surface area contributed by atoms with Crippen molar-refractivity contribution in [1.82, 2.24) is 0 Å². The van der Waals surface area contributed by atoms with Gasteiger partial charge in [-0.3, -0.25) is 9.59 Å². The molecule has 3 aromatic carbocycles. The van der Waals surface area contributed by atoms with Crippen LogP contribution >= 0.6 is 31.9 Å². The lowest BCUT2D eigenvalue weighted by Gasteiger charge is -2.36. The molecule has 41 heavy (non-hydrogen) atoms. The van der Waals surface area contributed by atoms with Gasteiger partial charge >= 0.3 is 23.9 Å². The molecule has 0 saturated carbocycles. The molecular formula is C25H12Br2F9N3O2. The zero-order valence-electron chi connectivity index (χ0n) is 19.7. The Labute approximate surface area is 241 Å². The molecular weight excluding hydrogens is 705 g/mol. The van der Waals surface area contributed by atoms with Gasteiger partial charge in [0.15, 0.2) is 0 Å². The fraction of sp³-hybridized carbons (Fsp3) is 0.160. The average Bonchev–Trinajstić information content (AvgIpc) is 2.88. The van der Waals surface area contributed by atoms with E-state index in [4.69, 9.17) is 5.26 Å². The largest absolute Gasteiger partial charge is 0.457 e. The maximum Gasteiger partial charge on any atom is 0.457 e. The Morgan fingerprint density at radius 2 is 1.22 bits per heavy atom. The van der Waals surface area contributed by atoms with Gasteiger partial charge in [-0.1, -0.05) is 12.1 Å². The summed E-state index contributed by atoms with van der Waals surface area (Å²) < 4.78 is 120. The second-order valence-corrected chi connectivity index (χ2v) is 9.93. The number of alkyl halides is 9. The van der Waals surface area contributed by atoms with Crippen molar-refractivity contribution in [3.63, 3.8) is 0 Å². The average molecular weight is 717 g/mol. The van der Waals surface area contributed by atoms with E-state index in [0.29, 0.717) is 0 Å². The van der Waals surface area contributed by atoms with Crippen LogP contribution in [-0.4, -0.2) is 30.1 Å². The summed E-state index contributed by atoms with van der Waals surface area (Å²) in [4.78, 5) is 25.3. The monoisotopic (exact) mass is 715 g/mol. The number of benzene rings is 3. The Bertz CT molecular complexity index is 1530. The van der Waals surface area contributed by atoms with Gasteiger partial charge in [-0.25, -0.2) is 4.39 Å². The maximum atomic E-state index is 14.9. The summed E-state index contributed by atoms with van der Waals surface area (Å²) in [6.45, 7) is 0. The zero-order chi connectivity index (χ0) is 31.0. The predicted molar refractivity (Wildman–Crippen MR) is 135 cm³/mol. The molecule has 0 saturated heterocycles. The molecule has 1 unspecified atom stereocenters. The Morgan fingerprint density at radius 1 is 0.707 bits per heavy atom. The summed E-state index contributed by atoms with van der Waals surface area (Å²) in [7, 11) is 0. The number of nitrogens with one attached hydrogen (secondary N) is 2. The number of carbonyl (C=O) groups is 2. The first-order chi connectivity index (χ1) is 18.8. The molecule has 216 valence electrons. The summed E-state index contributed by atoms with van der Waals surface area (Å²) in [5.74, 6) is -8.46. The third kappa shape index (κ3) is 6.20. The quantitative estimate of drug-likeness (QED) is 0.251. The van der Waals surface area contributed by atoms with Crippen LogP contribution in [0.1, 0.15) is 31.8 Å². The summed E-state index contributed by atoms with van der Waals surface area (Å²) in [6.07, 6.45) is -13.6. The minimum absolute atomic E-state index is 0.0412. The Morgan fingerprint density at radius 3 is 1.73 bits per heavy atom. The molecule has 0 bridgehead atoms. The molecule has 5 nitrogen and oxygen atoms in total. The van der Waals surface area contributed by atoms with Crippen molar-refractivity contribution in [1.29, 1.82) is 5.26 Å². The molecule has 1 atom stereocenters. The van der Waals surface area contributed by atoms with Crippen molar-refractivity contribution >= 4 is 55.0 Å². The third-order valence-electron chi connectivity index (χ3n) is 5.49. The van der Waals surface area contributed by atoms with E-state index in [9.17, 15) is 49.1 Å². The lowest BCUT2D eigenvalue weighted by atomic mass is 9.87. The van der Waals surface area contributed by atoms with E-state index in [1.54, 1.807) is 0 Å². The Balaban J connectivity index is 1.91. The number of halogens is 11. The molecule has 0 aliphatic carbocycles. The lowest BCUT2D eigenvalue weighted by molar-refractivity contribution is -0.389. The van der Waals surface area contributed by atoms with Crippen molar-refractivity contribution in [2.75, 3.05) is 10.6 Å². The normalized spacial score (nSPS) is 13.6. The summed E-state index contributed by atoms with van der Waals surface area (Å²) in [6, 6.07) is 12.9. The topological polar surface area (TPSA) is 82.0 Å². The second kappa shape index (κ2) is 11.4. The molecule has 0 radical (unpaired) electrons. The van der Waals surface area contributed by atoms with E-state index in [1.807, 2.05) is 6.07 Å². The predicted octanol–water partition coefficient (Wildman–Crippen LogP) is 8.51. The smallest absolute Gasteiger partial charge is 0.322 e. The number of nitrogens with zero attached hydrogens (tertiary/aromatic N) is 1. The molecule has 3 rings (SSSR count). The number of nitriles is 1. The van der Waals surface area contributed by atoms with Gasteiger partial charge in [-0.15, -0.1) is 0 Å². The van der Waals surface area contributed by atoms with Crippen LogP contribution in [0.5, 0.6) is 0 Å². The van der Waals surface area contributed by atoms with Crippen LogP contribution in [0, 0.1) is 11.3 Å². The van der Waals surface area contributed by atoms with E-state index in [2.05, 4.69) is 42.5 Å². The number of carbonyl (C=O) groups excluding carboxylic acids is 2. The van der Waals surface area contributed by atoms with Gasteiger partial charge in [0.2, 0.25) is 0 Å². The zero-order valence-corrected chi connectivity index (χ0v) is 22.9. The van der Waals surface area contributed by atoms with Gasteiger partial charge in [-0.2, -0.15) is 40.4 Å². The maximum absolute atomic E-state index is 14.9. The van der Waals surface area contributed by atoms with Crippen molar-refractivity contribution < 1.29 is 49.1 Å². The standard InChI is InChI=1S/C25H12Br2F9N3O2/c26-17-9-15(22(28,24(31,32)33)23(29,30)25(34,35)36)10-18(27)19(17)39-21(41)14-5-2-6-16(8-14)38-20(40)13-4-1-3-12(7-13)11-37/h1-10H,(H,38,40)(H,39,41). The van der Waals surface area contributed by atoms with Crippen LogP contribution in [-0.2, 0) is 5.67 Å². The third-order valence-corrected chi connectivity index (χ3v) is 6.75. The number of hydrogen-bond acceptors (Lipinski definition) is 3. The summed E-state index contributed by atoms with van der Waals surface area (Å²) in [5, 5.41) is 13.7. The summed E-state index contributed by atoms with van der Waals surface area (Å²) >= 11 is 5.35. The van der Waals surface area contributed by atoms with Crippen molar-refractivity contribution in [2.45, 2.75) is 23.9 Å². The fourth-order valence-electron chi connectivity index (χ4n) is 3.47. The van der Waals surface area contributed by atoms with Gasteiger partial charge in [0.1, 0.15) is 0 Å². The molecule has 0 aromatic heterocycles. The first-order valence-electron chi connectivity index (χ1n) is 10.8. The molecule has 3 aromatic rings. The molecule has 2 N–H and O–H groups in total. The van der Waals surface area contributed by atoms with Crippen LogP contribution in [0.3, 0.4) is 0 Å². The van der Waals surface area contributed by atoms with E-state index in [0.717, 1.165) is 0 Å². The molecule has 0 fully saturated rings. The minimum Gasteiger partial charge on any atom is -0.322 e. The van der Waals surface area contributed by atoms with Crippen molar-refractivity contribution in [2.24, 2.45) is 0 Å². The fourth-order valence-corrected chi connectivity index (χ4v) is 4.85. The SMILES string of the molecule is N#Cc1cccc(C(=O)Nc2cccc(C(=O)Nc3c(Br)cc(C(F)(C(F)(F)F)C(F)(F)C(F)(F)F)cc3Br)c2)c1. The van der Waals surface area contributed by atoms with Crippen LogP contribution in [0.25, 0.3) is 0 Å². The molecule has 16 heteroatoms. The Hall–Kier alpha value is -3.58. The van der Waals surface area contributed by atoms with Crippen molar-refractivity contribution in [3.05, 3.63) is 91.9 Å². The second-order valence-electron chi connectivity index (χ2n) is 8.22. The lowest BCUT2D eigenvalue weighted by Crippen LogP contribution is -2.59. The van der Waals surface area contributed by atoms with Crippen LogP contribution in [0.15, 0.2) is 69.6 Å². The van der Waals surface area contributed by atoms with Crippen LogP contribution in [0.2, 0.25) is 0 Å². The first-order valence-corrected chi connectivity index (χ1v) is 12.3. The summed E-state index contributed by atoms with van der Waals surface area (Å²) in [5.41, 5.74) is -8.36. The highest BCUT2D eigenvalue weighted by Gasteiger charge is 2.81. The minimum atomic E-state index is -6.90. The van der Waals surface area contributed by atoms with E-state index >= 15 is 0 Å². The first kappa shape index (κ1) is 31.9. The van der Waals surface area contributed by atoms with Crippen LogP contribution in [0.4, 0.5) is 50.9 Å². The van der Waals surface area contributed by atoms with Gasteiger partial charge in [0.05, 0.1) is 17.3 Å². The Kier molecular flexibility index (Phi) is 8.85. The molecule has 0 aliphatic rings. The highest BCUT2D eigenvalue weighted by atomic mass is 79.9. The van der Waals surface area contributed by atoms with Crippen LogP contribution < -0.4 is 10.6 Å². The number of amides is 2.